The first-order valence-electron chi connectivity index (χ1n) is 5.09. The Hall–Kier alpha value is -1.18. The standard InChI is InChI=1S/C11H12BrFO5/c1-2-18-11(17)10(16)9(15)6-3-5(12)4-7(13)8(6)14/h3-4,9-10,14-16H,2H2,1H3. The SMILES string of the molecule is CCOC(=O)C(O)C(O)c1cc(Br)cc(F)c1O. The number of aliphatic hydroxyl groups excluding tert-OH is 2. The van der Waals surface area contributed by atoms with Crippen LogP contribution in [0.1, 0.15) is 18.6 Å². The van der Waals surface area contributed by atoms with Gasteiger partial charge in [-0.25, -0.2) is 9.18 Å². The first-order valence-corrected chi connectivity index (χ1v) is 5.88. The van der Waals surface area contributed by atoms with Crippen molar-refractivity contribution in [1.82, 2.24) is 0 Å². The van der Waals surface area contributed by atoms with Crippen LogP contribution >= 0.6 is 15.9 Å². The number of phenolic OH excluding ortho intramolecular Hbond substituents is 1. The molecule has 0 radical (unpaired) electrons. The Morgan fingerprint density at radius 1 is 1.50 bits per heavy atom. The molecule has 1 aromatic carbocycles. The van der Waals surface area contributed by atoms with E-state index in [1.165, 1.54) is 13.0 Å². The van der Waals surface area contributed by atoms with Gasteiger partial charge in [-0.15, -0.1) is 0 Å². The summed E-state index contributed by atoms with van der Waals surface area (Å²) in [6.45, 7) is 1.56. The predicted octanol–water partition coefficient (Wildman–Crippen LogP) is 1.25. The third kappa shape index (κ3) is 3.18. The highest BCUT2D eigenvalue weighted by Crippen LogP contribution is 2.32. The lowest BCUT2D eigenvalue weighted by Gasteiger charge is -2.18. The van der Waals surface area contributed by atoms with Crippen LogP contribution < -0.4 is 0 Å². The lowest BCUT2D eigenvalue weighted by molar-refractivity contribution is -0.159. The fourth-order valence-corrected chi connectivity index (χ4v) is 1.79. The largest absolute Gasteiger partial charge is 0.505 e. The number of benzene rings is 1. The minimum Gasteiger partial charge on any atom is -0.505 e. The Bertz CT molecular complexity index is 451. The van der Waals surface area contributed by atoms with Gasteiger partial charge < -0.3 is 20.1 Å². The number of carbonyl (C=O) groups excluding carboxylic acids is 1. The zero-order valence-corrected chi connectivity index (χ0v) is 11.0. The van der Waals surface area contributed by atoms with E-state index in [4.69, 9.17) is 0 Å². The molecule has 3 N–H and O–H groups in total. The third-order valence-electron chi connectivity index (χ3n) is 2.20. The van der Waals surface area contributed by atoms with Crippen molar-refractivity contribution in [3.8, 4) is 5.75 Å². The molecule has 0 fully saturated rings. The number of halogens is 2. The molecule has 100 valence electrons. The van der Waals surface area contributed by atoms with Crippen LogP contribution in [0.25, 0.3) is 0 Å². The number of phenols is 1. The summed E-state index contributed by atoms with van der Waals surface area (Å²) >= 11 is 2.97. The van der Waals surface area contributed by atoms with Gasteiger partial charge in [-0.1, -0.05) is 15.9 Å². The molecule has 0 heterocycles. The first-order chi connectivity index (χ1) is 8.38. The molecule has 2 unspecified atom stereocenters. The summed E-state index contributed by atoms with van der Waals surface area (Å²) in [7, 11) is 0. The van der Waals surface area contributed by atoms with E-state index in [1.54, 1.807) is 0 Å². The maximum absolute atomic E-state index is 13.2. The van der Waals surface area contributed by atoms with E-state index in [1.807, 2.05) is 0 Å². The van der Waals surface area contributed by atoms with Crippen molar-refractivity contribution < 1.29 is 29.2 Å². The first kappa shape index (κ1) is 14.9. The number of hydrogen-bond donors (Lipinski definition) is 3. The van der Waals surface area contributed by atoms with E-state index < -0.39 is 29.7 Å². The van der Waals surface area contributed by atoms with Crippen molar-refractivity contribution in [1.29, 1.82) is 0 Å². The Morgan fingerprint density at radius 2 is 2.11 bits per heavy atom. The number of carbonyl (C=O) groups is 1. The Labute approximate surface area is 111 Å². The lowest BCUT2D eigenvalue weighted by atomic mass is 10.0. The highest BCUT2D eigenvalue weighted by atomic mass is 79.9. The molecular formula is C11H12BrFO5. The van der Waals surface area contributed by atoms with Crippen LogP contribution in [0, 0.1) is 5.82 Å². The number of aliphatic hydroxyl groups is 2. The summed E-state index contributed by atoms with van der Waals surface area (Å²) in [6.07, 6.45) is -3.68. The Balaban J connectivity index is 3.03. The van der Waals surface area contributed by atoms with Gasteiger partial charge in [-0.05, 0) is 19.1 Å². The van der Waals surface area contributed by atoms with Gasteiger partial charge in [0.15, 0.2) is 17.7 Å². The second-order valence-electron chi connectivity index (χ2n) is 3.47. The van der Waals surface area contributed by atoms with Crippen molar-refractivity contribution in [2.45, 2.75) is 19.1 Å². The van der Waals surface area contributed by atoms with Crippen molar-refractivity contribution in [3.63, 3.8) is 0 Å². The quantitative estimate of drug-likeness (QED) is 0.726. The third-order valence-corrected chi connectivity index (χ3v) is 2.66. The molecular weight excluding hydrogens is 311 g/mol. The maximum atomic E-state index is 13.2. The number of aromatic hydroxyl groups is 1. The van der Waals surface area contributed by atoms with E-state index in [9.17, 15) is 24.5 Å². The molecule has 0 saturated carbocycles. The predicted molar refractivity (Wildman–Crippen MR) is 63.4 cm³/mol. The van der Waals surface area contributed by atoms with Gasteiger partial charge in [-0.3, -0.25) is 0 Å². The smallest absolute Gasteiger partial charge is 0.338 e. The summed E-state index contributed by atoms with van der Waals surface area (Å²) in [5, 5.41) is 28.7. The van der Waals surface area contributed by atoms with Gasteiger partial charge in [0, 0.05) is 10.0 Å². The molecule has 0 aliphatic heterocycles. The van der Waals surface area contributed by atoms with E-state index in [0.29, 0.717) is 0 Å². The van der Waals surface area contributed by atoms with Gasteiger partial charge in [0.1, 0.15) is 6.10 Å². The number of rotatable bonds is 4. The molecule has 0 spiro atoms. The molecule has 0 aliphatic carbocycles. The molecule has 0 amide bonds. The summed E-state index contributed by atoms with van der Waals surface area (Å²) in [6, 6.07) is 2.19. The second-order valence-corrected chi connectivity index (χ2v) is 4.38. The minimum absolute atomic E-state index is 0.0292. The van der Waals surface area contributed by atoms with Gasteiger partial charge in [0.05, 0.1) is 6.61 Å². The summed E-state index contributed by atoms with van der Waals surface area (Å²) in [5.41, 5.74) is -0.303. The molecule has 7 heteroatoms. The zero-order chi connectivity index (χ0) is 13.9. The molecule has 0 aromatic heterocycles. The van der Waals surface area contributed by atoms with Crippen molar-refractivity contribution >= 4 is 21.9 Å². The van der Waals surface area contributed by atoms with Crippen molar-refractivity contribution in [3.05, 3.63) is 28.0 Å². The van der Waals surface area contributed by atoms with Crippen LogP contribution in [0.5, 0.6) is 5.75 Å². The summed E-state index contributed by atoms with van der Waals surface area (Å²) < 4.78 is 18.0. The number of hydrogen-bond acceptors (Lipinski definition) is 5. The lowest BCUT2D eigenvalue weighted by Crippen LogP contribution is -2.30. The Morgan fingerprint density at radius 3 is 2.67 bits per heavy atom. The fourth-order valence-electron chi connectivity index (χ4n) is 1.34. The molecule has 0 aliphatic rings. The van der Waals surface area contributed by atoms with E-state index in [0.717, 1.165) is 6.07 Å². The summed E-state index contributed by atoms with van der Waals surface area (Å²) in [4.78, 5) is 11.2. The number of ether oxygens (including phenoxy) is 1. The highest BCUT2D eigenvalue weighted by molar-refractivity contribution is 9.10. The van der Waals surface area contributed by atoms with Gasteiger partial charge in [0.25, 0.3) is 0 Å². The van der Waals surface area contributed by atoms with E-state index in [-0.39, 0.29) is 16.6 Å². The van der Waals surface area contributed by atoms with Crippen LogP contribution in [-0.4, -0.2) is 34.0 Å². The second kappa shape index (κ2) is 6.12. The maximum Gasteiger partial charge on any atom is 0.338 e. The molecule has 2 atom stereocenters. The molecule has 18 heavy (non-hydrogen) atoms. The summed E-state index contributed by atoms with van der Waals surface area (Å²) in [5.74, 6) is -2.85. The molecule has 0 bridgehead atoms. The van der Waals surface area contributed by atoms with Crippen LogP contribution in [-0.2, 0) is 9.53 Å². The topological polar surface area (TPSA) is 87.0 Å². The normalized spacial score (nSPS) is 14.1. The average molecular weight is 323 g/mol. The molecule has 0 saturated heterocycles. The van der Waals surface area contributed by atoms with Crippen LogP contribution in [0.2, 0.25) is 0 Å². The average Bonchev–Trinajstić information content (AvgIpc) is 2.32. The molecule has 5 nitrogen and oxygen atoms in total. The van der Waals surface area contributed by atoms with Gasteiger partial charge in [0.2, 0.25) is 0 Å². The van der Waals surface area contributed by atoms with Crippen molar-refractivity contribution in [2.24, 2.45) is 0 Å². The van der Waals surface area contributed by atoms with Gasteiger partial charge >= 0.3 is 5.97 Å². The van der Waals surface area contributed by atoms with Crippen LogP contribution in [0.15, 0.2) is 16.6 Å². The molecule has 1 aromatic rings. The van der Waals surface area contributed by atoms with E-state index >= 15 is 0 Å². The fraction of sp³-hybridized carbons (Fsp3) is 0.364. The highest BCUT2D eigenvalue weighted by Gasteiger charge is 2.30. The monoisotopic (exact) mass is 322 g/mol. The Kier molecular flexibility index (Phi) is 5.06. The van der Waals surface area contributed by atoms with Gasteiger partial charge in [-0.2, -0.15) is 0 Å². The van der Waals surface area contributed by atoms with Crippen molar-refractivity contribution in [2.75, 3.05) is 6.61 Å². The van der Waals surface area contributed by atoms with Crippen LogP contribution in [0.3, 0.4) is 0 Å². The minimum atomic E-state index is -1.90. The zero-order valence-electron chi connectivity index (χ0n) is 9.43. The molecule has 1 rings (SSSR count). The van der Waals surface area contributed by atoms with Crippen LogP contribution in [0.4, 0.5) is 4.39 Å². The van der Waals surface area contributed by atoms with E-state index in [2.05, 4.69) is 20.7 Å². The number of esters is 1.